The fourth-order valence-electron chi connectivity index (χ4n) is 2.97. The molecule has 0 amide bonds. The zero-order chi connectivity index (χ0) is 15.0. The zero-order valence-electron chi connectivity index (χ0n) is 11.0. The summed E-state index contributed by atoms with van der Waals surface area (Å²) in [6.07, 6.45) is -0.660. The smallest absolute Gasteiger partial charge is 0.263 e. The van der Waals surface area contributed by atoms with Crippen LogP contribution in [0.25, 0.3) is 0 Å². The summed E-state index contributed by atoms with van der Waals surface area (Å²) in [6.45, 7) is -0.646. The summed E-state index contributed by atoms with van der Waals surface area (Å²) < 4.78 is 46.4. The maximum Gasteiger partial charge on any atom is 0.263 e. The van der Waals surface area contributed by atoms with Crippen molar-refractivity contribution < 1.29 is 17.9 Å². The maximum atomic E-state index is 14.2. The van der Waals surface area contributed by atoms with E-state index in [1.807, 2.05) is 0 Å². The van der Waals surface area contributed by atoms with Gasteiger partial charge in [0.25, 0.3) is 7.98 Å². The molecule has 2 heterocycles. The Hall–Kier alpha value is -1.15. The molecule has 1 aromatic rings. The molecule has 2 radical (unpaired) electrons. The van der Waals surface area contributed by atoms with Crippen LogP contribution in [0.1, 0.15) is 5.56 Å². The largest absolute Gasteiger partial charge is 0.372 e. The maximum absolute atomic E-state index is 14.2. The topological polar surface area (TPSA) is 33.6 Å². The minimum atomic E-state index is -1.05. The van der Waals surface area contributed by atoms with Gasteiger partial charge in [0.2, 0.25) is 0 Å². The third-order valence-electron chi connectivity index (χ3n) is 4.04. The highest BCUT2D eigenvalue weighted by molar-refractivity contribution is 8.13. The number of alkyl halides is 1. The molecule has 3 nitrogen and oxygen atoms in total. The Bertz CT molecular complexity index is 589. The van der Waals surface area contributed by atoms with Gasteiger partial charge in [-0.3, -0.25) is 0 Å². The summed E-state index contributed by atoms with van der Waals surface area (Å²) >= 11 is 1.31. The van der Waals surface area contributed by atoms with Crippen LogP contribution in [0, 0.1) is 17.6 Å². The van der Waals surface area contributed by atoms with Crippen LogP contribution in [0.5, 0.6) is 0 Å². The predicted octanol–water partition coefficient (Wildman–Crippen LogP) is 1.92. The van der Waals surface area contributed by atoms with E-state index in [4.69, 9.17) is 12.7 Å². The second kappa shape index (κ2) is 5.57. The van der Waals surface area contributed by atoms with E-state index in [-0.39, 0.29) is 18.1 Å². The van der Waals surface area contributed by atoms with Crippen molar-refractivity contribution in [1.29, 1.82) is 0 Å². The fourth-order valence-corrected chi connectivity index (χ4v) is 4.13. The van der Waals surface area contributed by atoms with Crippen molar-refractivity contribution in [1.82, 2.24) is 5.32 Å². The van der Waals surface area contributed by atoms with Crippen LogP contribution < -0.4 is 5.32 Å². The molecule has 0 aromatic heterocycles. The number of ether oxygens (including phenoxy) is 1. The van der Waals surface area contributed by atoms with Crippen molar-refractivity contribution >= 4 is 24.9 Å². The molecule has 1 aromatic carbocycles. The lowest BCUT2D eigenvalue weighted by Gasteiger charge is -2.41. The molecular formula is C13H12BF3N2OS. The summed E-state index contributed by atoms with van der Waals surface area (Å²) in [4.78, 5) is 3.58. The molecule has 0 unspecified atom stereocenters. The van der Waals surface area contributed by atoms with Gasteiger partial charge < -0.3 is 15.0 Å². The van der Waals surface area contributed by atoms with Crippen molar-refractivity contribution in [2.45, 2.75) is 11.6 Å². The van der Waals surface area contributed by atoms with E-state index in [2.05, 4.69) is 10.2 Å². The summed E-state index contributed by atoms with van der Waals surface area (Å²) in [5.74, 6) is -1.78. The van der Waals surface area contributed by atoms with Crippen LogP contribution in [0.4, 0.5) is 13.2 Å². The first kappa shape index (κ1) is 14.8. The quantitative estimate of drug-likeness (QED) is 0.847. The minimum absolute atomic E-state index is 0.0339. The van der Waals surface area contributed by atoms with Crippen molar-refractivity contribution in [3.8, 4) is 0 Å². The molecule has 8 heteroatoms. The van der Waals surface area contributed by atoms with Gasteiger partial charge >= 0.3 is 0 Å². The van der Waals surface area contributed by atoms with Gasteiger partial charge in [-0.15, -0.1) is 0 Å². The van der Waals surface area contributed by atoms with Gasteiger partial charge in [-0.25, -0.2) is 13.2 Å². The molecule has 0 spiro atoms. The van der Waals surface area contributed by atoms with Crippen LogP contribution in [0.2, 0.25) is 0 Å². The molecule has 0 saturated carbocycles. The SMILES string of the molecule is [B]N=C1N[C@@]2(c3cccc(F)c3F)CO[C@H](CF)[C@H]2CS1. The minimum Gasteiger partial charge on any atom is -0.372 e. The third kappa shape index (κ3) is 2.24. The average molecular weight is 312 g/mol. The number of fused-ring (bicyclic) bond motifs is 1. The second-order valence-corrected chi connectivity index (χ2v) is 6.06. The first-order valence-electron chi connectivity index (χ1n) is 6.43. The molecule has 2 saturated heterocycles. The van der Waals surface area contributed by atoms with Gasteiger partial charge in [0.05, 0.1) is 18.2 Å². The molecule has 0 bridgehead atoms. The van der Waals surface area contributed by atoms with Gasteiger partial charge in [0, 0.05) is 17.2 Å². The number of hydrogen-bond donors (Lipinski definition) is 1. The second-order valence-electron chi connectivity index (χ2n) is 5.05. The monoisotopic (exact) mass is 312 g/mol. The molecular weight excluding hydrogens is 300 g/mol. The molecule has 3 atom stereocenters. The number of rotatable bonds is 2. The molecule has 1 N–H and O–H groups in total. The van der Waals surface area contributed by atoms with E-state index in [1.54, 1.807) is 0 Å². The van der Waals surface area contributed by atoms with Gasteiger partial charge in [-0.1, -0.05) is 23.9 Å². The lowest BCUT2D eigenvalue weighted by Crippen LogP contribution is -2.56. The number of thioether (sulfide) groups is 1. The lowest BCUT2D eigenvalue weighted by atomic mass is 9.78. The van der Waals surface area contributed by atoms with Crippen LogP contribution in [0.15, 0.2) is 23.1 Å². The fraction of sp³-hybridized carbons (Fsp3) is 0.462. The van der Waals surface area contributed by atoms with Crippen LogP contribution in [-0.2, 0) is 10.3 Å². The van der Waals surface area contributed by atoms with Gasteiger partial charge in [0.1, 0.15) is 11.8 Å². The Morgan fingerprint density at radius 1 is 1.48 bits per heavy atom. The van der Waals surface area contributed by atoms with E-state index >= 15 is 0 Å². The van der Waals surface area contributed by atoms with E-state index in [9.17, 15) is 13.2 Å². The number of hydrogen-bond acceptors (Lipinski definition) is 3. The molecule has 2 aliphatic rings. The average Bonchev–Trinajstić information content (AvgIpc) is 2.88. The highest BCUT2D eigenvalue weighted by atomic mass is 32.2. The summed E-state index contributed by atoms with van der Waals surface area (Å²) in [7, 11) is 5.28. The third-order valence-corrected chi connectivity index (χ3v) is 5.04. The Balaban J connectivity index is 2.11. The summed E-state index contributed by atoms with van der Waals surface area (Å²) in [5, 5.41) is 3.42. The first-order valence-corrected chi connectivity index (χ1v) is 7.42. The van der Waals surface area contributed by atoms with E-state index < -0.39 is 30.0 Å². The molecule has 0 aliphatic carbocycles. The first-order chi connectivity index (χ1) is 10.1. The van der Waals surface area contributed by atoms with E-state index in [1.165, 1.54) is 23.9 Å². The normalized spacial score (nSPS) is 33.8. The van der Waals surface area contributed by atoms with Gasteiger partial charge in [-0.2, -0.15) is 0 Å². The summed E-state index contributed by atoms with van der Waals surface area (Å²) in [6, 6.07) is 3.94. The van der Waals surface area contributed by atoms with Crippen molar-refractivity contribution in [3.05, 3.63) is 35.4 Å². The standard InChI is InChI=1S/C13H12BF3N2OS/c14-19-12-18-13(7-2-1-3-9(16)11(7)17)6-20-10(4-15)8(13)5-21-12/h1-3,8,10H,4-6H2,(H,18,19)/t8-,10-,13-/m1/s1. The van der Waals surface area contributed by atoms with Gasteiger partial charge in [0.15, 0.2) is 11.6 Å². The van der Waals surface area contributed by atoms with Crippen molar-refractivity contribution in [3.63, 3.8) is 0 Å². The molecule has 21 heavy (non-hydrogen) atoms. The van der Waals surface area contributed by atoms with Crippen LogP contribution in [-0.4, -0.2) is 38.3 Å². The highest BCUT2D eigenvalue weighted by Gasteiger charge is 2.54. The number of benzene rings is 1. The summed E-state index contributed by atoms with van der Waals surface area (Å²) in [5.41, 5.74) is -0.934. The Morgan fingerprint density at radius 3 is 3.00 bits per heavy atom. The molecule has 2 fully saturated rings. The highest BCUT2D eigenvalue weighted by Crippen LogP contribution is 2.45. The van der Waals surface area contributed by atoms with Crippen LogP contribution >= 0.6 is 11.8 Å². The molecule has 3 rings (SSSR count). The van der Waals surface area contributed by atoms with Crippen molar-refractivity contribution in [2.75, 3.05) is 19.0 Å². The van der Waals surface area contributed by atoms with Crippen molar-refractivity contribution in [2.24, 2.45) is 10.8 Å². The Kier molecular flexibility index (Phi) is 3.92. The number of nitrogens with one attached hydrogen (secondary N) is 1. The number of nitrogens with zero attached hydrogens (tertiary/aromatic N) is 1. The Morgan fingerprint density at radius 2 is 2.29 bits per heavy atom. The lowest BCUT2D eigenvalue weighted by molar-refractivity contribution is 0.0718. The van der Waals surface area contributed by atoms with E-state index in [0.29, 0.717) is 10.9 Å². The van der Waals surface area contributed by atoms with Gasteiger partial charge in [-0.05, 0) is 6.07 Å². The number of halogens is 3. The Labute approximate surface area is 125 Å². The molecule has 2 aliphatic heterocycles. The van der Waals surface area contributed by atoms with E-state index in [0.717, 1.165) is 6.07 Å². The number of amidine groups is 1. The van der Waals surface area contributed by atoms with Crippen LogP contribution in [0.3, 0.4) is 0 Å². The predicted molar refractivity (Wildman–Crippen MR) is 76.0 cm³/mol. The molecule has 110 valence electrons. The zero-order valence-corrected chi connectivity index (χ0v) is 11.8.